The van der Waals surface area contributed by atoms with E-state index in [0.717, 1.165) is 11.3 Å². The van der Waals surface area contributed by atoms with Crippen LogP contribution in [-0.2, 0) is 15.3 Å². The molecule has 0 radical (unpaired) electrons. The summed E-state index contributed by atoms with van der Waals surface area (Å²) in [5, 5.41) is 0. The minimum atomic E-state index is -3.21. The fraction of sp³-hybridized carbons (Fsp3) is 0.615. The van der Waals surface area contributed by atoms with Gasteiger partial charge in [-0.3, -0.25) is 4.98 Å². The Bertz CT molecular complexity index is 511. The fourth-order valence-corrected chi connectivity index (χ4v) is 3.05. The molecule has 0 bridgehead atoms. The second kappa shape index (κ2) is 4.41. The average molecular weight is 255 g/mol. The van der Waals surface area contributed by atoms with Gasteiger partial charge in [-0.25, -0.2) is 8.42 Å². The Balaban J connectivity index is 3.70. The number of nitrogens with zero attached hydrogens (tertiary/aromatic N) is 1. The Morgan fingerprint density at radius 2 is 1.76 bits per heavy atom. The Kier molecular flexibility index (Phi) is 3.67. The van der Waals surface area contributed by atoms with Crippen molar-refractivity contribution in [1.82, 2.24) is 4.98 Å². The highest BCUT2D eigenvalue weighted by molar-refractivity contribution is 7.90. The Morgan fingerprint density at radius 3 is 2.12 bits per heavy atom. The van der Waals surface area contributed by atoms with Crippen LogP contribution in [0, 0.1) is 0 Å². The molecule has 96 valence electrons. The van der Waals surface area contributed by atoms with Gasteiger partial charge in [-0.15, -0.1) is 0 Å². The highest BCUT2D eigenvalue weighted by Gasteiger charge is 2.27. The summed E-state index contributed by atoms with van der Waals surface area (Å²) in [6.45, 7) is 10.1. The normalized spacial score (nSPS) is 13.1. The van der Waals surface area contributed by atoms with Crippen molar-refractivity contribution in [2.45, 2.75) is 50.8 Å². The topological polar surface area (TPSA) is 47.0 Å². The van der Waals surface area contributed by atoms with Crippen LogP contribution in [0.3, 0.4) is 0 Å². The molecule has 4 heteroatoms. The molecule has 1 rings (SSSR count). The number of aromatic nitrogens is 1. The molecule has 1 aromatic heterocycles. The predicted octanol–water partition coefficient (Wildman–Crippen LogP) is 2.91. The molecule has 0 aliphatic carbocycles. The summed E-state index contributed by atoms with van der Waals surface area (Å²) in [4.78, 5) is 4.76. The van der Waals surface area contributed by atoms with Gasteiger partial charge in [0.2, 0.25) is 0 Å². The number of sulfone groups is 1. The molecule has 1 aromatic rings. The van der Waals surface area contributed by atoms with Gasteiger partial charge in [-0.05, 0) is 23.0 Å². The van der Waals surface area contributed by atoms with Crippen molar-refractivity contribution in [3.8, 4) is 0 Å². The zero-order chi connectivity index (χ0) is 13.4. The second-order valence-electron chi connectivity index (χ2n) is 5.75. The first kappa shape index (κ1) is 14.2. The quantitative estimate of drug-likeness (QED) is 0.816. The smallest absolute Gasteiger partial charge is 0.175 e. The van der Waals surface area contributed by atoms with Crippen molar-refractivity contribution in [2.24, 2.45) is 0 Å². The molecule has 0 aliphatic heterocycles. The SMILES string of the molecule is CC(C)c1nccc(S(C)(=O)=O)c1C(C)(C)C. The molecule has 0 unspecified atom stereocenters. The van der Waals surface area contributed by atoms with Crippen LogP contribution < -0.4 is 0 Å². The fourth-order valence-electron chi connectivity index (χ4n) is 1.96. The molecular weight excluding hydrogens is 234 g/mol. The maximum Gasteiger partial charge on any atom is 0.175 e. The molecule has 17 heavy (non-hydrogen) atoms. The summed E-state index contributed by atoms with van der Waals surface area (Å²) < 4.78 is 23.7. The van der Waals surface area contributed by atoms with Gasteiger partial charge in [-0.2, -0.15) is 0 Å². The van der Waals surface area contributed by atoms with Crippen molar-refractivity contribution in [3.63, 3.8) is 0 Å². The van der Waals surface area contributed by atoms with Gasteiger partial charge in [0.15, 0.2) is 9.84 Å². The first-order chi connectivity index (χ1) is 7.55. The lowest BCUT2D eigenvalue weighted by atomic mass is 9.83. The van der Waals surface area contributed by atoms with Gasteiger partial charge in [0, 0.05) is 18.1 Å². The minimum absolute atomic E-state index is 0.214. The predicted molar refractivity (Wildman–Crippen MR) is 70.1 cm³/mol. The van der Waals surface area contributed by atoms with Crippen LogP contribution in [0.15, 0.2) is 17.2 Å². The van der Waals surface area contributed by atoms with Gasteiger partial charge in [0.1, 0.15) is 0 Å². The lowest BCUT2D eigenvalue weighted by molar-refractivity contribution is 0.546. The number of rotatable bonds is 2. The van der Waals surface area contributed by atoms with Crippen LogP contribution in [0.4, 0.5) is 0 Å². The standard InChI is InChI=1S/C13H21NO2S/c1-9(2)12-11(13(3,4)5)10(7-8-14-12)17(6,15)16/h7-9H,1-6H3. The maximum atomic E-state index is 11.8. The lowest BCUT2D eigenvalue weighted by Gasteiger charge is -2.26. The van der Waals surface area contributed by atoms with Crippen molar-refractivity contribution >= 4 is 9.84 Å². The number of hydrogen-bond acceptors (Lipinski definition) is 3. The number of hydrogen-bond donors (Lipinski definition) is 0. The molecule has 0 N–H and O–H groups in total. The molecule has 0 saturated carbocycles. The van der Waals surface area contributed by atoms with Gasteiger partial charge in [0.25, 0.3) is 0 Å². The van der Waals surface area contributed by atoms with E-state index < -0.39 is 9.84 Å². The largest absolute Gasteiger partial charge is 0.261 e. The minimum Gasteiger partial charge on any atom is -0.261 e. The third-order valence-corrected chi connectivity index (χ3v) is 3.78. The highest BCUT2D eigenvalue weighted by atomic mass is 32.2. The van der Waals surface area contributed by atoms with Gasteiger partial charge >= 0.3 is 0 Å². The average Bonchev–Trinajstić information content (AvgIpc) is 2.13. The summed E-state index contributed by atoms with van der Waals surface area (Å²) in [5.41, 5.74) is 1.49. The van der Waals surface area contributed by atoms with Crippen LogP contribution in [0.2, 0.25) is 0 Å². The third-order valence-electron chi connectivity index (χ3n) is 2.64. The molecular formula is C13H21NO2S. The summed E-state index contributed by atoms with van der Waals surface area (Å²) in [7, 11) is -3.21. The second-order valence-corrected chi connectivity index (χ2v) is 7.73. The van der Waals surface area contributed by atoms with Crippen LogP contribution in [0.1, 0.15) is 51.8 Å². The Morgan fingerprint density at radius 1 is 1.24 bits per heavy atom. The zero-order valence-electron chi connectivity index (χ0n) is 11.4. The monoisotopic (exact) mass is 255 g/mol. The van der Waals surface area contributed by atoms with E-state index in [4.69, 9.17) is 0 Å². The number of pyridine rings is 1. The zero-order valence-corrected chi connectivity index (χ0v) is 12.2. The van der Waals surface area contributed by atoms with Crippen LogP contribution in [0.5, 0.6) is 0 Å². The molecule has 0 aromatic carbocycles. The maximum absolute atomic E-state index is 11.8. The van der Waals surface area contributed by atoms with Crippen molar-refractivity contribution in [2.75, 3.05) is 6.26 Å². The molecule has 0 fully saturated rings. The van der Waals surface area contributed by atoms with Gasteiger partial charge < -0.3 is 0 Å². The lowest BCUT2D eigenvalue weighted by Crippen LogP contribution is -2.20. The van der Waals surface area contributed by atoms with Crippen LogP contribution >= 0.6 is 0 Å². The van der Waals surface area contributed by atoms with Gasteiger partial charge in [-0.1, -0.05) is 34.6 Å². The van der Waals surface area contributed by atoms with E-state index in [-0.39, 0.29) is 11.3 Å². The van der Waals surface area contributed by atoms with E-state index in [2.05, 4.69) is 4.98 Å². The van der Waals surface area contributed by atoms with E-state index in [1.807, 2.05) is 34.6 Å². The van der Waals surface area contributed by atoms with Crippen molar-refractivity contribution in [1.29, 1.82) is 0 Å². The summed E-state index contributed by atoms with van der Waals surface area (Å²) in [6, 6.07) is 1.60. The molecule has 0 aliphatic rings. The Labute approximate surface area is 104 Å². The molecule has 0 amide bonds. The molecule has 3 nitrogen and oxygen atoms in total. The van der Waals surface area contributed by atoms with Crippen LogP contribution in [0.25, 0.3) is 0 Å². The molecule has 0 spiro atoms. The summed E-state index contributed by atoms with van der Waals surface area (Å²) in [5.74, 6) is 0.214. The summed E-state index contributed by atoms with van der Waals surface area (Å²) in [6.07, 6.45) is 2.84. The highest BCUT2D eigenvalue weighted by Crippen LogP contribution is 2.34. The van der Waals surface area contributed by atoms with Crippen molar-refractivity contribution < 1.29 is 8.42 Å². The van der Waals surface area contributed by atoms with E-state index in [0.29, 0.717) is 4.90 Å². The van der Waals surface area contributed by atoms with E-state index in [1.54, 1.807) is 12.3 Å². The first-order valence-corrected chi connectivity index (χ1v) is 7.63. The third kappa shape index (κ3) is 3.06. The molecule has 0 atom stereocenters. The first-order valence-electron chi connectivity index (χ1n) is 5.74. The van der Waals surface area contributed by atoms with Gasteiger partial charge in [0.05, 0.1) is 4.90 Å². The molecule has 0 saturated heterocycles. The van der Waals surface area contributed by atoms with Crippen molar-refractivity contribution in [3.05, 3.63) is 23.5 Å². The van der Waals surface area contributed by atoms with E-state index >= 15 is 0 Å². The Hall–Kier alpha value is -0.900. The summed E-state index contributed by atoms with van der Waals surface area (Å²) >= 11 is 0. The van der Waals surface area contributed by atoms with E-state index in [9.17, 15) is 8.42 Å². The van der Waals surface area contributed by atoms with Crippen LogP contribution in [-0.4, -0.2) is 19.7 Å². The van der Waals surface area contributed by atoms with E-state index in [1.165, 1.54) is 6.26 Å². The molecule has 1 heterocycles.